The Hall–Kier alpha value is -0.570. The summed E-state index contributed by atoms with van der Waals surface area (Å²) >= 11 is 0. The zero-order chi connectivity index (χ0) is 9.73. The lowest BCUT2D eigenvalue weighted by Crippen LogP contribution is -2.49. The van der Waals surface area contributed by atoms with Crippen LogP contribution in [0.25, 0.3) is 0 Å². The van der Waals surface area contributed by atoms with Crippen molar-refractivity contribution >= 4 is 5.91 Å². The molecular formula is C10H19NO2. The van der Waals surface area contributed by atoms with Gasteiger partial charge >= 0.3 is 0 Å². The number of nitrogens with one attached hydrogen (secondary N) is 1. The molecule has 0 aromatic carbocycles. The summed E-state index contributed by atoms with van der Waals surface area (Å²) in [5.41, 5.74) is -0.0383. The molecule has 1 N–H and O–H groups in total. The number of methoxy groups -OCH3 is 1. The van der Waals surface area contributed by atoms with Crippen molar-refractivity contribution in [1.29, 1.82) is 0 Å². The van der Waals surface area contributed by atoms with Gasteiger partial charge in [0, 0.05) is 20.1 Å². The van der Waals surface area contributed by atoms with Gasteiger partial charge in [0.05, 0.1) is 5.60 Å². The molecule has 1 aliphatic carbocycles. The van der Waals surface area contributed by atoms with E-state index < -0.39 is 0 Å². The van der Waals surface area contributed by atoms with Gasteiger partial charge in [-0.3, -0.25) is 4.79 Å². The quantitative estimate of drug-likeness (QED) is 0.704. The monoisotopic (exact) mass is 185 g/mol. The molecule has 13 heavy (non-hydrogen) atoms. The molecule has 0 spiro atoms. The molecule has 0 aliphatic heterocycles. The summed E-state index contributed by atoms with van der Waals surface area (Å²) in [7, 11) is 1.73. The molecule has 0 heterocycles. The second-order valence-electron chi connectivity index (χ2n) is 3.77. The first-order valence-corrected chi connectivity index (χ1v) is 5.04. The number of ether oxygens (including phenoxy) is 1. The average Bonchev–Trinajstić information content (AvgIpc) is 2.04. The number of carbonyl (C=O) groups is 1. The Balaban J connectivity index is 2.20. The van der Waals surface area contributed by atoms with Crippen LogP contribution in [0.3, 0.4) is 0 Å². The Kier molecular flexibility index (Phi) is 3.72. The van der Waals surface area contributed by atoms with E-state index in [-0.39, 0.29) is 11.5 Å². The number of hydrogen-bond donors (Lipinski definition) is 1. The molecular weight excluding hydrogens is 166 g/mol. The number of carbonyl (C=O) groups excluding carboxylic acids is 1. The normalized spacial score (nSPS) is 19.2. The van der Waals surface area contributed by atoms with Crippen molar-refractivity contribution in [2.24, 2.45) is 0 Å². The molecule has 1 amide bonds. The lowest BCUT2D eigenvalue weighted by molar-refractivity contribution is -0.124. The van der Waals surface area contributed by atoms with E-state index in [0.717, 1.165) is 19.3 Å². The number of rotatable bonds is 5. The second-order valence-corrected chi connectivity index (χ2v) is 3.77. The maximum atomic E-state index is 11.2. The fourth-order valence-electron chi connectivity index (χ4n) is 1.60. The van der Waals surface area contributed by atoms with Gasteiger partial charge in [0.1, 0.15) is 0 Å². The molecule has 76 valence electrons. The number of hydrogen-bond acceptors (Lipinski definition) is 2. The Labute approximate surface area is 79.8 Å². The third-order valence-corrected chi connectivity index (χ3v) is 2.78. The van der Waals surface area contributed by atoms with Crippen LogP contribution in [0.15, 0.2) is 0 Å². The minimum atomic E-state index is -0.0383. The molecule has 0 saturated heterocycles. The third kappa shape index (κ3) is 2.69. The Morgan fingerprint density at radius 2 is 2.23 bits per heavy atom. The van der Waals surface area contributed by atoms with Crippen molar-refractivity contribution < 1.29 is 9.53 Å². The molecule has 3 heteroatoms. The van der Waals surface area contributed by atoms with Gasteiger partial charge in [0.2, 0.25) is 5.91 Å². The van der Waals surface area contributed by atoms with Crippen LogP contribution in [-0.4, -0.2) is 25.2 Å². The van der Waals surface area contributed by atoms with Crippen LogP contribution in [0.1, 0.15) is 39.0 Å². The predicted octanol–water partition coefficient (Wildman–Crippen LogP) is 1.47. The van der Waals surface area contributed by atoms with Gasteiger partial charge in [0.15, 0.2) is 0 Å². The Morgan fingerprint density at radius 1 is 1.54 bits per heavy atom. The van der Waals surface area contributed by atoms with Gasteiger partial charge in [-0.05, 0) is 25.7 Å². The average molecular weight is 185 g/mol. The Bertz CT molecular complexity index is 170. The minimum Gasteiger partial charge on any atom is -0.376 e. The van der Waals surface area contributed by atoms with E-state index in [1.54, 1.807) is 7.11 Å². The van der Waals surface area contributed by atoms with E-state index in [1.165, 1.54) is 6.42 Å². The Morgan fingerprint density at radius 3 is 2.62 bits per heavy atom. The molecule has 0 bridgehead atoms. The van der Waals surface area contributed by atoms with Crippen molar-refractivity contribution in [3.8, 4) is 0 Å². The lowest BCUT2D eigenvalue weighted by atomic mass is 9.80. The van der Waals surface area contributed by atoms with Crippen molar-refractivity contribution in [1.82, 2.24) is 5.32 Å². The highest BCUT2D eigenvalue weighted by molar-refractivity contribution is 5.75. The summed E-state index contributed by atoms with van der Waals surface area (Å²) < 4.78 is 5.39. The molecule has 1 fully saturated rings. The molecule has 0 aromatic rings. The van der Waals surface area contributed by atoms with Gasteiger partial charge in [0.25, 0.3) is 0 Å². The number of amides is 1. The molecule has 1 aliphatic rings. The van der Waals surface area contributed by atoms with Crippen molar-refractivity contribution in [2.45, 2.75) is 44.6 Å². The van der Waals surface area contributed by atoms with Gasteiger partial charge < -0.3 is 10.1 Å². The van der Waals surface area contributed by atoms with Crippen LogP contribution in [-0.2, 0) is 9.53 Å². The van der Waals surface area contributed by atoms with Gasteiger partial charge in [-0.2, -0.15) is 0 Å². The largest absolute Gasteiger partial charge is 0.376 e. The second kappa shape index (κ2) is 4.61. The van der Waals surface area contributed by atoms with Crippen LogP contribution in [0.2, 0.25) is 0 Å². The lowest BCUT2D eigenvalue weighted by Gasteiger charge is -2.40. The van der Waals surface area contributed by atoms with Crippen LogP contribution in [0.4, 0.5) is 0 Å². The highest BCUT2D eigenvalue weighted by Crippen LogP contribution is 2.34. The first-order chi connectivity index (χ1) is 6.22. The van der Waals surface area contributed by atoms with Crippen LogP contribution < -0.4 is 5.32 Å². The van der Waals surface area contributed by atoms with E-state index in [9.17, 15) is 4.79 Å². The summed E-state index contributed by atoms with van der Waals surface area (Å²) in [6, 6.07) is 0. The van der Waals surface area contributed by atoms with Crippen molar-refractivity contribution in [3.63, 3.8) is 0 Å². The first kappa shape index (κ1) is 10.5. The van der Waals surface area contributed by atoms with Gasteiger partial charge in [-0.15, -0.1) is 0 Å². The molecule has 3 nitrogen and oxygen atoms in total. The van der Waals surface area contributed by atoms with Gasteiger partial charge in [-0.25, -0.2) is 0 Å². The summed E-state index contributed by atoms with van der Waals surface area (Å²) in [6.45, 7) is 2.69. The summed E-state index contributed by atoms with van der Waals surface area (Å²) in [4.78, 5) is 11.2. The summed E-state index contributed by atoms with van der Waals surface area (Å²) in [5, 5.41) is 2.91. The van der Waals surface area contributed by atoms with E-state index in [4.69, 9.17) is 4.74 Å². The topological polar surface area (TPSA) is 38.3 Å². The zero-order valence-corrected chi connectivity index (χ0v) is 8.56. The smallest absolute Gasteiger partial charge is 0.220 e. The van der Waals surface area contributed by atoms with Gasteiger partial charge in [-0.1, -0.05) is 6.92 Å². The maximum absolute atomic E-state index is 11.2. The molecule has 0 aromatic heterocycles. The zero-order valence-electron chi connectivity index (χ0n) is 8.56. The summed E-state index contributed by atoms with van der Waals surface area (Å²) in [5.74, 6) is 0.144. The highest BCUT2D eigenvalue weighted by Gasteiger charge is 2.36. The molecule has 0 radical (unpaired) electrons. The molecule has 1 rings (SSSR count). The van der Waals surface area contributed by atoms with Crippen molar-refractivity contribution in [2.75, 3.05) is 13.7 Å². The van der Waals surface area contributed by atoms with E-state index in [2.05, 4.69) is 5.32 Å². The van der Waals surface area contributed by atoms with E-state index >= 15 is 0 Å². The molecule has 1 saturated carbocycles. The SMILES string of the molecule is CCCC(=O)NCC1(OC)CCC1. The first-order valence-electron chi connectivity index (χ1n) is 5.04. The highest BCUT2D eigenvalue weighted by atomic mass is 16.5. The van der Waals surface area contributed by atoms with Crippen molar-refractivity contribution in [3.05, 3.63) is 0 Å². The third-order valence-electron chi connectivity index (χ3n) is 2.78. The van der Waals surface area contributed by atoms with Crippen LogP contribution in [0.5, 0.6) is 0 Å². The molecule has 0 atom stereocenters. The molecule has 0 unspecified atom stereocenters. The summed E-state index contributed by atoms with van der Waals surface area (Å²) in [6.07, 6.45) is 4.91. The standard InChI is InChI=1S/C10H19NO2/c1-3-5-9(12)11-8-10(13-2)6-4-7-10/h3-8H2,1-2H3,(H,11,12). The fourth-order valence-corrected chi connectivity index (χ4v) is 1.60. The predicted molar refractivity (Wildman–Crippen MR) is 51.5 cm³/mol. The van der Waals surface area contributed by atoms with Crippen LogP contribution in [0, 0.1) is 0 Å². The maximum Gasteiger partial charge on any atom is 0.220 e. The van der Waals surface area contributed by atoms with E-state index in [0.29, 0.717) is 13.0 Å². The van der Waals surface area contributed by atoms with Crippen LogP contribution >= 0.6 is 0 Å². The fraction of sp³-hybridized carbons (Fsp3) is 0.900. The van der Waals surface area contributed by atoms with E-state index in [1.807, 2.05) is 6.92 Å². The minimum absolute atomic E-state index is 0.0383.